The average molecular weight is 391 g/mol. The Morgan fingerprint density at radius 3 is 2.43 bits per heavy atom. The van der Waals surface area contributed by atoms with Crippen molar-refractivity contribution >= 4 is 5.97 Å². The van der Waals surface area contributed by atoms with E-state index in [4.69, 9.17) is 5.11 Å². The van der Waals surface area contributed by atoms with Crippen molar-refractivity contribution in [2.75, 3.05) is 13.1 Å². The molecule has 0 saturated carbocycles. The summed E-state index contributed by atoms with van der Waals surface area (Å²) in [5, 5.41) is 9.07. The van der Waals surface area contributed by atoms with E-state index in [9.17, 15) is 18.0 Å². The van der Waals surface area contributed by atoms with Gasteiger partial charge < -0.3 is 5.11 Å². The maximum absolute atomic E-state index is 13.2. The second kappa shape index (κ2) is 8.35. The number of halogens is 3. The number of carbonyl (C=O) groups is 1. The van der Waals surface area contributed by atoms with Crippen molar-refractivity contribution in [2.45, 2.75) is 37.9 Å². The first kappa shape index (κ1) is 20.4. The molecule has 6 heteroatoms. The third-order valence-corrected chi connectivity index (χ3v) is 5.60. The molecule has 3 nitrogen and oxygen atoms in total. The third kappa shape index (κ3) is 4.73. The number of nitrogens with zero attached hydrogens (tertiary/aromatic N) is 1. The number of carboxylic acid groups (broad SMARTS) is 1. The van der Waals surface area contributed by atoms with E-state index in [1.807, 2.05) is 42.2 Å². The van der Waals surface area contributed by atoms with E-state index in [0.717, 1.165) is 24.5 Å². The maximum Gasteiger partial charge on any atom is 0.416 e. The number of hydrogen-bond acceptors (Lipinski definition) is 2. The van der Waals surface area contributed by atoms with Gasteiger partial charge in [0.05, 0.1) is 12.1 Å². The van der Waals surface area contributed by atoms with Crippen LogP contribution in [0.1, 0.15) is 42.4 Å². The van der Waals surface area contributed by atoms with Crippen LogP contribution in [0.2, 0.25) is 0 Å². The minimum atomic E-state index is -4.38. The monoisotopic (exact) mass is 391 g/mol. The van der Waals surface area contributed by atoms with E-state index in [-0.39, 0.29) is 24.4 Å². The van der Waals surface area contributed by atoms with Gasteiger partial charge in [-0.15, -0.1) is 0 Å². The number of aliphatic carboxylic acids is 1. The van der Waals surface area contributed by atoms with Gasteiger partial charge in [0.2, 0.25) is 0 Å². The standard InChI is InChI=1S/C22H24F3NO2/c1-15-12-18(10-11-26(15)14-20(27)28)21(16-6-3-2-4-7-16)17-8-5-9-19(13-17)22(23,24)25/h2-9,13,15,18,21H,10-12,14H2,1H3,(H,27,28). The Labute approximate surface area is 162 Å². The molecule has 1 fully saturated rings. The first-order valence-corrected chi connectivity index (χ1v) is 9.43. The number of alkyl halides is 3. The molecule has 3 rings (SSSR count). The molecule has 1 saturated heterocycles. The van der Waals surface area contributed by atoms with Gasteiger partial charge in [-0.1, -0.05) is 48.5 Å². The van der Waals surface area contributed by atoms with Crippen LogP contribution in [-0.2, 0) is 11.0 Å². The first-order valence-electron chi connectivity index (χ1n) is 9.43. The highest BCUT2D eigenvalue weighted by Crippen LogP contribution is 2.41. The summed E-state index contributed by atoms with van der Waals surface area (Å²) in [5.74, 6) is -0.869. The molecule has 0 spiro atoms. The molecule has 2 aromatic rings. The molecule has 0 amide bonds. The number of benzene rings is 2. The largest absolute Gasteiger partial charge is 0.480 e. The molecule has 0 aromatic heterocycles. The zero-order valence-corrected chi connectivity index (χ0v) is 15.7. The van der Waals surface area contributed by atoms with Crippen LogP contribution in [0.3, 0.4) is 0 Å². The Morgan fingerprint density at radius 1 is 1.14 bits per heavy atom. The van der Waals surface area contributed by atoms with Crippen molar-refractivity contribution in [1.82, 2.24) is 4.90 Å². The van der Waals surface area contributed by atoms with E-state index >= 15 is 0 Å². The molecule has 3 atom stereocenters. The highest BCUT2D eigenvalue weighted by atomic mass is 19.4. The van der Waals surface area contributed by atoms with Crippen LogP contribution in [0.15, 0.2) is 54.6 Å². The quantitative estimate of drug-likeness (QED) is 0.778. The van der Waals surface area contributed by atoms with E-state index in [1.54, 1.807) is 6.07 Å². The topological polar surface area (TPSA) is 40.5 Å². The van der Waals surface area contributed by atoms with Gasteiger partial charge in [-0.3, -0.25) is 9.69 Å². The van der Waals surface area contributed by atoms with Crippen molar-refractivity contribution in [1.29, 1.82) is 0 Å². The number of rotatable bonds is 5. The normalized spacial score (nSPS) is 22.0. The van der Waals surface area contributed by atoms with Gasteiger partial charge in [-0.25, -0.2) is 0 Å². The molecule has 0 bridgehead atoms. The van der Waals surface area contributed by atoms with Crippen LogP contribution in [0.25, 0.3) is 0 Å². The molecule has 1 aliphatic rings. The molecule has 2 aromatic carbocycles. The minimum absolute atomic E-state index is 0.00650. The summed E-state index contributed by atoms with van der Waals surface area (Å²) in [4.78, 5) is 13.0. The molecule has 0 radical (unpaired) electrons. The summed E-state index contributed by atoms with van der Waals surface area (Å²) in [5.41, 5.74) is 1.01. The fourth-order valence-electron chi connectivity index (χ4n) is 4.27. The van der Waals surface area contributed by atoms with Crippen LogP contribution >= 0.6 is 0 Å². The number of hydrogen-bond donors (Lipinski definition) is 1. The summed E-state index contributed by atoms with van der Waals surface area (Å²) in [6.07, 6.45) is -2.90. The third-order valence-electron chi connectivity index (χ3n) is 5.60. The summed E-state index contributed by atoms with van der Waals surface area (Å²) >= 11 is 0. The zero-order chi connectivity index (χ0) is 20.3. The highest BCUT2D eigenvalue weighted by Gasteiger charge is 2.35. The number of likely N-dealkylation sites (tertiary alicyclic amines) is 1. The van der Waals surface area contributed by atoms with Gasteiger partial charge in [0.25, 0.3) is 0 Å². The van der Waals surface area contributed by atoms with Crippen molar-refractivity contribution in [3.05, 3.63) is 71.3 Å². The Morgan fingerprint density at radius 2 is 1.82 bits per heavy atom. The molecule has 1 N–H and O–H groups in total. The molecule has 0 aliphatic carbocycles. The molecular weight excluding hydrogens is 367 g/mol. The Hall–Kier alpha value is -2.34. The van der Waals surface area contributed by atoms with Crippen LogP contribution in [0.5, 0.6) is 0 Å². The minimum Gasteiger partial charge on any atom is -0.480 e. The van der Waals surface area contributed by atoms with Gasteiger partial charge in [-0.05, 0) is 49.4 Å². The molecule has 150 valence electrons. The average Bonchev–Trinajstić information content (AvgIpc) is 2.64. The number of carboxylic acids is 1. The first-order chi connectivity index (χ1) is 13.3. The lowest BCUT2D eigenvalue weighted by molar-refractivity contribution is -0.139. The predicted molar refractivity (Wildman–Crippen MR) is 101 cm³/mol. The second-order valence-corrected chi connectivity index (χ2v) is 7.51. The van der Waals surface area contributed by atoms with Gasteiger partial charge in [0, 0.05) is 12.0 Å². The second-order valence-electron chi connectivity index (χ2n) is 7.51. The fourth-order valence-corrected chi connectivity index (χ4v) is 4.27. The Bertz CT molecular complexity index is 807. The van der Waals surface area contributed by atoms with Crippen LogP contribution in [0.4, 0.5) is 13.2 Å². The molecule has 1 aliphatic heterocycles. The molecule has 3 unspecified atom stereocenters. The van der Waals surface area contributed by atoms with E-state index in [2.05, 4.69) is 0 Å². The van der Waals surface area contributed by atoms with Crippen LogP contribution < -0.4 is 0 Å². The summed E-state index contributed by atoms with van der Waals surface area (Å²) < 4.78 is 39.7. The smallest absolute Gasteiger partial charge is 0.416 e. The summed E-state index contributed by atoms with van der Waals surface area (Å²) in [7, 11) is 0. The molecule has 28 heavy (non-hydrogen) atoms. The zero-order valence-electron chi connectivity index (χ0n) is 15.7. The fraction of sp³-hybridized carbons (Fsp3) is 0.409. The lowest BCUT2D eigenvalue weighted by Gasteiger charge is -2.40. The molecular formula is C22H24F3NO2. The van der Waals surface area contributed by atoms with Crippen LogP contribution in [0, 0.1) is 5.92 Å². The summed E-state index contributed by atoms with van der Waals surface area (Å²) in [6, 6.07) is 15.3. The Balaban J connectivity index is 1.93. The summed E-state index contributed by atoms with van der Waals surface area (Å²) in [6.45, 7) is 2.61. The lowest BCUT2D eigenvalue weighted by atomic mass is 9.74. The number of piperidine rings is 1. The van der Waals surface area contributed by atoms with Gasteiger partial charge >= 0.3 is 12.1 Å². The van der Waals surface area contributed by atoms with Crippen molar-refractivity contribution in [2.24, 2.45) is 5.92 Å². The highest BCUT2D eigenvalue weighted by molar-refractivity contribution is 5.69. The lowest BCUT2D eigenvalue weighted by Crippen LogP contribution is -2.44. The van der Waals surface area contributed by atoms with Crippen molar-refractivity contribution in [3.63, 3.8) is 0 Å². The van der Waals surface area contributed by atoms with Crippen molar-refractivity contribution in [3.8, 4) is 0 Å². The van der Waals surface area contributed by atoms with E-state index < -0.39 is 17.7 Å². The van der Waals surface area contributed by atoms with Gasteiger partial charge in [-0.2, -0.15) is 13.2 Å². The predicted octanol–water partition coefficient (Wildman–Crippen LogP) is 5.02. The van der Waals surface area contributed by atoms with E-state index in [0.29, 0.717) is 12.1 Å². The SMILES string of the molecule is CC1CC(C(c2ccccc2)c2cccc(C(F)(F)F)c2)CCN1CC(=O)O. The van der Waals surface area contributed by atoms with E-state index in [1.165, 1.54) is 12.1 Å². The van der Waals surface area contributed by atoms with Crippen molar-refractivity contribution < 1.29 is 23.1 Å². The van der Waals surface area contributed by atoms with Crippen LogP contribution in [-0.4, -0.2) is 35.1 Å². The Kier molecular flexibility index (Phi) is 6.08. The molecule has 1 heterocycles. The van der Waals surface area contributed by atoms with Gasteiger partial charge in [0.1, 0.15) is 0 Å². The maximum atomic E-state index is 13.2. The van der Waals surface area contributed by atoms with Gasteiger partial charge in [0.15, 0.2) is 0 Å².